The average Bonchev–Trinajstić information content (AvgIpc) is 2.62. The fourth-order valence-corrected chi connectivity index (χ4v) is 1.41. The average molecular weight is 222 g/mol. The van der Waals surface area contributed by atoms with Gasteiger partial charge in [0.15, 0.2) is 5.75 Å². The second kappa shape index (κ2) is 4.26. The number of fused-ring (bicyclic) bond motifs is 1. The Morgan fingerprint density at radius 3 is 2.75 bits per heavy atom. The maximum absolute atomic E-state index is 5.66. The summed E-state index contributed by atoms with van der Waals surface area (Å²) < 4.78 is 12.3. The number of hydrogen-bond acceptors (Lipinski definition) is 5. The second-order valence-electron chi connectivity index (χ2n) is 3.13. The van der Waals surface area contributed by atoms with Crippen molar-refractivity contribution in [3.63, 3.8) is 0 Å². The normalized spacial score (nSPS) is 10.6. The largest absolute Gasteiger partial charge is 0.488 e. The molecule has 0 atom stereocenters. The highest BCUT2D eigenvalue weighted by Gasteiger charge is 2.11. The first kappa shape index (κ1) is 10.5. The Morgan fingerprint density at radius 2 is 2.06 bits per heavy atom. The van der Waals surface area contributed by atoms with Crippen LogP contribution in [0.2, 0.25) is 0 Å². The molecule has 2 aromatic heterocycles. The fourth-order valence-electron chi connectivity index (χ4n) is 1.41. The fraction of sp³-hybridized carbons (Fsp3) is 0.400. The molecule has 16 heavy (non-hydrogen) atoms. The van der Waals surface area contributed by atoms with Gasteiger partial charge in [-0.25, -0.2) is 4.98 Å². The molecule has 0 fully saturated rings. The summed E-state index contributed by atoms with van der Waals surface area (Å²) in [5.41, 5.74) is 6.44. The van der Waals surface area contributed by atoms with E-state index in [9.17, 15) is 0 Å². The van der Waals surface area contributed by atoms with Gasteiger partial charge in [0.1, 0.15) is 0 Å². The number of ether oxygens (including phenoxy) is 2. The van der Waals surface area contributed by atoms with E-state index in [0.29, 0.717) is 30.8 Å². The van der Waals surface area contributed by atoms with Crippen LogP contribution >= 0.6 is 0 Å². The lowest BCUT2D eigenvalue weighted by Crippen LogP contribution is -2.05. The molecule has 0 spiro atoms. The molecule has 0 bridgehead atoms. The Hall–Kier alpha value is -1.98. The zero-order chi connectivity index (χ0) is 11.5. The molecule has 0 unspecified atom stereocenters. The zero-order valence-corrected chi connectivity index (χ0v) is 9.30. The standard InChI is InChI=1S/C10H14N4O2/c1-3-15-8-5-7-6-12-10(11)14(7)13-9(8)16-4-2/h5-6H,3-4H2,1-2H3,(H2,11,12). The van der Waals surface area contributed by atoms with Crippen molar-refractivity contribution in [2.75, 3.05) is 18.9 Å². The summed E-state index contributed by atoms with van der Waals surface area (Å²) in [6, 6.07) is 1.81. The molecule has 0 aromatic carbocycles. The molecule has 2 rings (SSSR count). The number of rotatable bonds is 4. The summed E-state index contributed by atoms with van der Waals surface area (Å²) in [6.07, 6.45) is 1.64. The van der Waals surface area contributed by atoms with E-state index in [4.69, 9.17) is 15.2 Å². The molecule has 2 N–H and O–H groups in total. The quantitative estimate of drug-likeness (QED) is 0.838. The third-order valence-electron chi connectivity index (χ3n) is 2.05. The van der Waals surface area contributed by atoms with Crippen molar-refractivity contribution in [1.82, 2.24) is 14.6 Å². The number of anilines is 1. The highest BCUT2D eigenvalue weighted by molar-refractivity contribution is 5.55. The lowest BCUT2D eigenvalue weighted by molar-refractivity contribution is 0.274. The molecule has 0 aliphatic carbocycles. The minimum atomic E-state index is 0.332. The van der Waals surface area contributed by atoms with E-state index in [0.717, 1.165) is 5.52 Å². The van der Waals surface area contributed by atoms with E-state index in [2.05, 4.69) is 10.1 Å². The van der Waals surface area contributed by atoms with Gasteiger partial charge in [-0.05, 0) is 13.8 Å². The molecule has 2 aromatic rings. The van der Waals surface area contributed by atoms with Gasteiger partial charge in [-0.1, -0.05) is 0 Å². The van der Waals surface area contributed by atoms with Gasteiger partial charge in [-0.15, -0.1) is 5.10 Å². The van der Waals surface area contributed by atoms with E-state index < -0.39 is 0 Å². The van der Waals surface area contributed by atoms with E-state index in [-0.39, 0.29) is 0 Å². The summed E-state index contributed by atoms with van der Waals surface area (Å²) >= 11 is 0. The third-order valence-corrected chi connectivity index (χ3v) is 2.05. The van der Waals surface area contributed by atoms with Crippen LogP contribution in [0.15, 0.2) is 12.3 Å². The molecule has 6 nitrogen and oxygen atoms in total. The Balaban J connectivity index is 2.53. The Morgan fingerprint density at radius 1 is 1.31 bits per heavy atom. The topological polar surface area (TPSA) is 74.7 Å². The van der Waals surface area contributed by atoms with E-state index in [1.54, 1.807) is 6.20 Å². The van der Waals surface area contributed by atoms with Crippen LogP contribution < -0.4 is 15.2 Å². The Bertz CT molecular complexity index is 495. The van der Waals surface area contributed by atoms with Crippen molar-refractivity contribution in [3.8, 4) is 11.6 Å². The van der Waals surface area contributed by atoms with Gasteiger partial charge in [0.25, 0.3) is 5.88 Å². The molecule has 86 valence electrons. The number of aromatic nitrogens is 3. The van der Waals surface area contributed by atoms with Crippen molar-refractivity contribution in [3.05, 3.63) is 12.3 Å². The molecule has 0 aliphatic heterocycles. The zero-order valence-electron chi connectivity index (χ0n) is 9.30. The molecule has 0 amide bonds. The van der Waals surface area contributed by atoms with Crippen molar-refractivity contribution < 1.29 is 9.47 Å². The summed E-state index contributed by atoms with van der Waals surface area (Å²) in [5.74, 6) is 1.37. The van der Waals surface area contributed by atoms with Gasteiger partial charge in [-0.2, -0.15) is 4.52 Å². The van der Waals surface area contributed by atoms with Gasteiger partial charge in [-0.3, -0.25) is 0 Å². The van der Waals surface area contributed by atoms with Crippen LogP contribution in [0.1, 0.15) is 13.8 Å². The van der Waals surface area contributed by atoms with Crippen LogP contribution in [0.4, 0.5) is 5.95 Å². The maximum atomic E-state index is 5.66. The van der Waals surface area contributed by atoms with Gasteiger partial charge >= 0.3 is 0 Å². The molecule has 6 heteroatoms. The predicted octanol–water partition coefficient (Wildman–Crippen LogP) is 1.11. The van der Waals surface area contributed by atoms with Crippen LogP contribution in [0, 0.1) is 0 Å². The number of hydrogen-bond donors (Lipinski definition) is 1. The summed E-state index contributed by atoms with van der Waals surface area (Å²) in [7, 11) is 0. The van der Waals surface area contributed by atoms with Gasteiger partial charge in [0.2, 0.25) is 5.95 Å². The van der Waals surface area contributed by atoms with Gasteiger partial charge in [0, 0.05) is 6.07 Å². The summed E-state index contributed by atoms with van der Waals surface area (Å²) in [5, 5.41) is 4.22. The SMILES string of the molecule is CCOc1cc2cnc(N)n2nc1OCC. The van der Waals surface area contributed by atoms with Gasteiger partial charge in [0.05, 0.1) is 24.9 Å². The Labute approximate surface area is 93.0 Å². The molecular formula is C10H14N4O2. The van der Waals surface area contributed by atoms with Crippen molar-refractivity contribution >= 4 is 11.5 Å². The molecule has 0 saturated carbocycles. The highest BCUT2D eigenvalue weighted by atomic mass is 16.5. The number of nitrogens with two attached hydrogens (primary N) is 1. The summed E-state index contributed by atoms with van der Waals surface area (Å²) in [6.45, 7) is 4.87. The van der Waals surface area contributed by atoms with Crippen LogP contribution in [-0.4, -0.2) is 27.8 Å². The molecule has 0 aliphatic rings. The Kier molecular flexibility index (Phi) is 2.80. The third kappa shape index (κ3) is 1.73. The molecule has 0 radical (unpaired) electrons. The lowest BCUT2D eigenvalue weighted by atomic mass is 10.4. The van der Waals surface area contributed by atoms with Crippen LogP contribution in [0.3, 0.4) is 0 Å². The minimum Gasteiger partial charge on any atom is -0.488 e. The number of imidazole rings is 1. The monoisotopic (exact) mass is 222 g/mol. The minimum absolute atomic E-state index is 0.332. The first-order valence-corrected chi connectivity index (χ1v) is 5.16. The van der Waals surface area contributed by atoms with Crippen LogP contribution in [0.25, 0.3) is 5.52 Å². The first-order chi connectivity index (χ1) is 7.76. The first-order valence-electron chi connectivity index (χ1n) is 5.16. The van der Waals surface area contributed by atoms with Crippen LogP contribution in [0.5, 0.6) is 11.6 Å². The number of nitrogen functional groups attached to an aromatic ring is 1. The maximum Gasteiger partial charge on any atom is 0.274 e. The summed E-state index contributed by atoms with van der Waals surface area (Å²) in [4.78, 5) is 3.97. The number of nitrogens with zero attached hydrogens (tertiary/aromatic N) is 3. The van der Waals surface area contributed by atoms with Crippen LogP contribution in [-0.2, 0) is 0 Å². The molecule has 0 saturated heterocycles. The lowest BCUT2D eigenvalue weighted by Gasteiger charge is -2.09. The smallest absolute Gasteiger partial charge is 0.274 e. The van der Waals surface area contributed by atoms with Crippen molar-refractivity contribution in [2.45, 2.75) is 13.8 Å². The highest BCUT2D eigenvalue weighted by Crippen LogP contribution is 2.26. The van der Waals surface area contributed by atoms with E-state index in [1.165, 1.54) is 4.52 Å². The van der Waals surface area contributed by atoms with E-state index >= 15 is 0 Å². The van der Waals surface area contributed by atoms with E-state index in [1.807, 2.05) is 19.9 Å². The second-order valence-corrected chi connectivity index (χ2v) is 3.13. The van der Waals surface area contributed by atoms with Gasteiger partial charge < -0.3 is 15.2 Å². The molecular weight excluding hydrogens is 208 g/mol. The molecule has 2 heterocycles. The predicted molar refractivity (Wildman–Crippen MR) is 59.7 cm³/mol. The van der Waals surface area contributed by atoms with Crippen molar-refractivity contribution in [2.24, 2.45) is 0 Å². The van der Waals surface area contributed by atoms with Crippen molar-refractivity contribution in [1.29, 1.82) is 0 Å².